The van der Waals surface area contributed by atoms with E-state index in [1.54, 1.807) is 0 Å². The van der Waals surface area contributed by atoms with Crippen LogP contribution in [-0.2, 0) is 12.8 Å². The lowest BCUT2D eigenvalue weighted by Crippen LogP contribution is -2.06. The highest BCUT2D eigenvalue weighted by atomic mass is 14.3. The predicted octanol–water partition coefficient (Wildman–Crippen LogP) is 16.0. The Kier molecular flexibility index (Phi) is 7.60. The van der Waals surface area contributed by atoms with E-state index >= 15 is 0 Å². The highest BCUT2D eigenvalue weighted by Crippen LogP contribution is 2.52. The van der Waals surface area contributed by atoms with Gasteiger partial charge in [0.1, 0.15) is 0 Å². The molecular formula is C61H40. The molecule has 0 saturated carbocycles. The van der Waals surface area contributed by atoms with Gasteiger partial charge < -0.3 is 0 Å². The second-order valence-electron chi connectivity index (χ2n) is 17.0. The number of hydrogen-bond donors (Lipinski definition) is 0. The van der Waals surface area contributed by atoms with E-state index in [1.165, 1.54) is 127 Å². The van der Waals surface area contributed by atoms with E-state index in [-0.39, 0.29) is 5.92 Å². The number of rotatable bonds is 5. The van der Waals surface area contributed by atoms with Crippen molar-refractivity contribution in [3.63, 3.8) is 0 Å². The van der Waals surface area contributed by atoms with Crippen LogP contribution in [0, 0.1) is 0 Å². The van der Waals surface area contributed by atoms with E-state index in [9.17, 15) is 0 Å². The third kappa shape index (κ3) is 5.25. The van der Waals surface area contributed by atoms with Crippen molar-refractivity contribution in [2.75, 3.05) is 0 Å². The molecule has 1 atom stereocenters. The molecule has 2 aliphatic rings. The maximum absolute atomic E-state index is 2.51. The highest BCUT2D eigenvalue weighted by Gasteiger charge is 2.32. The first kappa shape index (κ1) is 34.3. The summed E-state index contributed by atoms with van der Waals surface area (Å²) in [4.78, 5) is 0. The van der Waals surface area contributed by atoms with E-state index in [1.807, 2.05) is 0 Å². The van der Waals surface area contributed by atoms with Crippen LogP contribution < -0.4 is 0 Å². The van der Waals surface area contributed by atoms with Crippen molar-refractivity contribution in [2.45, 2.75) is 18.8 Å². The average molecular weight is 773 g/mol. The van der Waals surface area contributed by atoms with Crippen molar-refractivity contribution in [1.29, 1.82) is 0 Å². The Morgan fingerprint density at radius 1 is 0.295 bits per heavy atom. The molecule has 11 aromatic rings. The summed E-state index contributed by atoms with van der Waals surface area (Å²) in [7, 11) is 0. The van der Waals surface area contributed by atoms with Gasteiger partial charge in [0.05, 0.1) is 0 Å². The molecule has 13 rings (SSSR count). The first-order valence-electron chi connectivity index (χ1n) is 21.6. The van der Waals surface area contributed by atoms with Gasteiger partial charge in [-0.15, -0.1) is 0 Å². The van der Waals surface area contributed by atoms with E-state index in [0.29, 0.717) is 0 Å². The summed E-state index contributed by atoms with van der Waals surface area (Å²) < 4.78 is 0. The summed E-state index contributed by atoms with van der Waals surface area (Å²) in [6, 6.07) is 79.9. The van der Waals surface area contributed by atoms with Gasteiger partial charge in [0.15, 0.2) is 0 Å². The molecule has 0 heteroatoms. The third-order valence-corrected chi connectivity index (χ3v) is 13.9. The SMILES string of the molecule is c1ccc(-c2ccc(C(c3ccc4c5ccccc5c5ccccc5c4c3)c3cccc4c3-c3cc5ccccc5c(-c5cccc6c5Cc5ccccc5-6)c3C4)cc2)cc1. The zero-order valence-corrected chi connectivity index (χ0v) is 33.7. The maximum Gasteiger partial charge on any atom is 0.0346 e. The molecule has 0 bridgehead atoms. The van der Waals surface area contributed by atoms with Gasteiger partial charge in [-0.2, -0.15) is 0 Å². The summed E-state index contributed by atoms with van der Waals surface area (Å²) in [5.41, 5.74) is 20.4. The van der Waals surface area contributed by atoms with Gasteiger partial charge in [0, 0.05) is 5.92 Å². The summed E-state index contributed by atoms with van der Waals surface area (Å²) in [5, 5.41) is 10.4. The molecule has 0 saturated heterocycles. The number of hydrogen-bond acceptors (Lipinski definition) is 0. The Balaban J connectivity index is 1.06. The summed E-state index contributed by atoms with van der Waals surface area (Å²) in [5.74, 6) is 0.00532. The van der Waals surface area contributed by atoms with Crippen LogP contribution in [0.5, 0.6) is 0 Å². The van der Waals surface area contributed by atoms with E-state index in [2.05, 4.69) is 212 Å². The maximum atomic E-state index is 2.51. The fraction of sp³-hybridized carbons (Fsp3) is 0.0492. The second kappa shape index (κ2) is 13.5. The molecule has 284 valence electrons. The van der Waals surface area contributed by atoms with Crippen molar-refractivity contribution in [1.82, 2.24) is 0 Å². The van der Waals surface area contributed by atoms with Crippen LogP contribution in [0.1, 0.15) is 44.9 Å². The minimum atomic E-state index is 0.00532. The lowest BCUT2D eigenvalue weighted by molar-refractivity contribution is 0.981. The average Bonchev–Trinajstić information content (AvgIpc) is 3.90. The third-order valence-electron chi connectivity index (χ3n) is 13.9. The van der Waals surface area contributed by atoms with Crippen molar-refractivity contribution >= 4 is 43.1 Å². The molecule has 2 aliphatic carbocycles. The van der Waals surface area contributed by atoms with Crippen molar-refractivity contribution < 1.29 is 0 Å². The fourth-order valence-corrected chi connectivity index (χ4v) is 11.2. The van der Waals surface area contributed by atoms with Gasteiger partial charge in [-0.25, -0.2) is 0 Å². The van der Waals surface area contributed by atoms with Crippen LogP contribution in [0.2, 0.25) is 0 Å². The topological polar surface area (TPSA) is 0 Å². The van der Waals surface area contributed by atoms with Crippen LogP contribution in [0.4, 0.5) is 0 Å². The Bertz CT molecular complexity index is 3540. The lowest BCUT2D eigenvalue weighted by atomic mass is 9.79. The highest BCUT2D eigenvalue weighted by molar-refractivity contribution is 6.25. The zero-order valence-electron chi connectivity index (χ0n) is 33.7. The molecule has 0 fully saturated rings. The number of fused-ring (bicyclic) bond motifs is 13. The van der Waals surface area contributed by atoms with Gasteiger partial charge in [-0.3, -0.25) is 0 Å². The monoisotopic (exact) mass is 772 g/mol. The smallest absolute Gasteiger partial charge is 0.0346 e. The van der Waals surface area contributed by atoms with Crippen molar-refractivity contribution in [3.8, 4) is 44.5 Å². The quantitative estimate of drug-likeness (QED) is 0.121. The molecule has 0 heterocycles. The fourth-order valence-electron chi connectivity index (χ4n) is 11.2. The summed E-state index contributed by atoms with van der Waals surface area (Å²) in [6.07, 6.45) is 1.87. The lowest BCUT2D eigenvalue weighted by Gasteiger charge is -2.24. The largest absolute Gasteiger partial charge is 0.0622 e. The van der Waals surface area contributed by atoms with Crippen LogP contribution in [0.25, 0.3) is 87.6 Å². The van der Waals surface area contributed by atoms with Crippen LogP contribution in [0.15, 0.2) is 212 Å². The van der Waals surface area contributed by atoms with Gasteiger partial charge in [0.2, 0.25) is 0 Å². The minimum Gasteiger partial charge on any atom is -0.0622 e. The molecule has 0 radical (unpaired) electrons. The molecule has 1 unspecified atom stereocenters. The van der Waals surface area contributed by atoms with E-state index in [4.69, 9.17) is 0 Å². The molecule has 0 N–H and O–H groups in total. The van der Waals surface area contributed by atoms with E-state index < -0.39 is 0 Å². The first-order chi connectivity index (χ1) is 30.3. The predicted molar refractivity (Wildman–Crippen MR) is 258 cm³/mol. The van der Waals surface area contributed by atoms with Crippen molar-refractivity contribution in [2.24, 2.45) is 0 Å². The van der Waals surface area contributed by atoms with Crippen LogP contribution in [-0.4, -0.2) is 0 Å². The second-order valence-corrected chi connectivity index (χ2v) is 17.0. The normalized spacial score (nSPS) is 13.0. The summed E-state index contributed by atoms with van der Waals surface area (Å²) in [6.45, 7) is 0. The minimum absolute atomic E-state index is 0.00532. The zero-order chi connectivity index (χ0) is 40.0. The van der Waals surface area contributed by atoms with Gasteiger partial charge in [-0.05, 0) is 152 Å². The Morgan fingerprint density at radius 3 is 1.64 bits per heavy atom. The molecule has 11 aromatic carbocycles. The molecule has 0 nitrogen and oxygen atoms in total. The molecular weight excluding hydrogens is 733 g/mol. The standard InChI is InChI=1S/C61H40/c1-2-14-38(15-3-1)39-28-30-40(31-29-39)59(44-32-33-52-50-23-9-8-21-48(50)49-22-10-11-24-51(49)55(52)36-44)54-27-12-18-43-37-58-57(60(43)54)35-42-17-5-7-20-46(42)61(58)53-26-13-25-47-45-19-6-4-16-41(45)34-56(47)53/h1-33,35-36,59H,34,37H2. The van der Waals surface area contributed by atoms with Crippen molar-refractivity contribution in [3.05, 3.63) is 251 Å². The van der Waals surface area contributed by atoms with Gasteiger partial charge >= 0.3 is 0 Å². The molecule has 0 spiro atoms. The van der Waals surface area contributed by atoms with Gasteiger partial charge in [-0.1, -0.05) is 200 Å². The Morgan fingerprint density at radius 2 is 0.852 bits per heavy atom. The van der Waals surface area contributed by atoms with Crippen LogP contribution in [0.3, 0.4) is 0 Å². The Labute approximate surface area is 356 Å². The number of benzene rings is 11. The molecule has 61 heavy (non-hydrogen) atoms. The Hall–Kier alpha value is -7.54. The van der Waals surface area contributed by atoms with E-state index in [0.717, 1.165) is 12.8 Å². The van der Waals surface area contributed by atoms with Gasteiger partial charge in [0.25, 0.3) is 0 Å². The molecule has 0 amide bonds. The molecule has 0 aromatic heterocycles. The first-order valence-corrected chi connectivity index (χ1v) is 21.6. The summed E-state index contributed by atoms with van der Waals surface area (Å²) >= 11 is 0. The molecule has 0 aliphatic heterocycles. The van der Waals surface area contributed by atoms with Crippen LogP contribution >= 0.6 is 0 Å².